The molecule has 142 heavy (non-hydrogen) atoms. The van der Waals surface area contributed by atoms with Gasteiger partial charge in [-0.05, 0) is 333 Å². The molecule has 0 aliphatic heterocycles. The molecule has 0 radical (unpaired) electrons. The molecular weight excluding hydrogens is 1720 g/mol. The van der Waals surface area contributed by atoms with Gasteiger partial charge in [0, 0.05) is 89.1 Å². The molecule has 7 aliphatic carbocycles. The van der Waals surface area contributed by atoms with Crippen molar-refractivity contribution in [3.63, 3.8) is 0 Å². The lowest BCUT2D eigenvalue weighted by molar-refractivity contribution is 0.298. The van der Waals surface area contributed by atoms with Crippen molar-refractivity contribution in [3.8, 4) is 94.7 Å². The van der Waals surface area contributed by atoms with Crippen LogP contribution in [0, 0.1) is 0 Å². The number of fused-ring (bicyclic) bond motifs is 27. The molecule has 2 heterocycles. The van der Waals surface area contributed by atoms with Crippen LogP contribution in [0.1, 0.15) is 216 Å². The molecule has 4 heteroatoms. The first-order chi connectivity index (χ1) is 68.0. The van der Waals surface area contributed by atoms with Gasteiger partial charge in [0.15, 0.2) is 0 Å². The molecule has 0 saturated heterocycles. The number of rotatable bonds is 8. The minimum Gasteiger partial charge on any atom is -0.456 e. The summed E-state index contributed by atoms with van der Waals surface area (Å²) < 4.78 is 8.73. The Morgan fingerprint density at radius 3 is 0.908 bits per heavy atom. The average molecular weight is 1840 g/mol. The van der Waals surface area contributed by atoms with Gasteiger partial charge in [-0.1, -0.05) is 381 Å². The van der Waals surface area contributed by atoms with Gasteiger partial charge >= 0.3 is 0 Å². The summed E-state index contributed by atoms with van der Waals surface area (Å²) >= 11 is 0. The monoisotopic (exact) mass is 1840 g/mol. The van der Waals surface area contributed by atoms with Gasteiger partial charge in [-0.2, -0.15) is 0 Å². The standard InChI is InChI=1S/C48H45N.C45H39NO.C45H39N/c1-45(2)39-20-14-12-18-33(39)35-24-22-31(26-41(35)45)49(30-16-10-9-11-17-30)32-23-25-36-37-28-38-34-19-13-15-21-40(34)47(5,6)48(7,8)44(38)29-43(37)46(3,4)42(36)27-32;1-43(2)38-24-29(46(28-14-8-7-9-15-28)30-21-23-34-33-17-11-13-19-41(33)47-42(34)25-30)20-22-32(38)35-26-36-31-16-10-12-18-37(31)44(3,4)45(5,6)40(36)27-39(35)43;1-43(2)38-25-29(28-19-22-30(23-20-28)46-41-17-11-8-14-33(41)34-15-9-12-18-42(34)46)21-24-32(38)35-27-40-36(26-39(35)43)31-13-7-10-16-37(31)44(3,4)45(40,5)6/h9-29H,1-8H3;7-27H,1-6H3;7-27H,1-6H3. The van der Waals surface area contributed by atoms with Crippen LogP contribution in [0.3, 0.4) is 0 Å². The highest BCUT2D eigenvalue weighted by atomic mass is 16.3. The molecule has 0 bridgehead atoms. The molecule has 696 valence electrons. The first-order valence-electron chi connectivity index (χ1n) is 51.3. The molecule has 2 aromatic heterocycles. The van der Waals surface area contributed by atoms with Gasteiger partial charge in [-0.15, -0.1) is 0 Å². The van der Waals surface area contributed by atoms with Crippen LogP contribution >= 0.6 is 0 Å². The zero-order valence-electron chi connectivity index (χ0n) is 85.6. The zero-order valence-corrected chi connectivity index (χ0v) is 85.6. The van der Waals surface area contributed by atoms with Gasteiger partial charge in [-0.3, -0.25) is 0 Å². The van der Waals surface area contributed by atoms with Gasteiger partial charge in [-0.25, -0.2) is 0 Å². The van der Waals surface area contributed by atoms with E-state index in [0.717, 1.165) is 39.0 Å². The highest BCUT2D eigenvalue weighted by Crippen LogP contribution is 2.65. The first kappa shape index (κ1) is 88.6. The van der Waals surface area contributed by atoms with E-state index in [9.17, 15) is 0 Å². The molecular formula is C138H123N3O. The Hall–Kier alpha value is -14.8. The largest absolute Gasteiger partial charge is 0.456 e. The Labute approximate surface area is 838 Å². The van der Waals surface area contributed by atoms with Crippen LogP contribution in [0.4, 0.5) is 34.1 Å². The van der Waals surface area contributed by atoms with Gasteiger partial charge in [0.1, 0.15) is 11.2 Å². The SMILES string of the molecule is CC1(C)c2cc(-c3ccc(-n4c5ccccc5c5ccccc54)cc3)ccc2-c2cc3c(cc21)-c1ccccc1C(C)(C)C3(C)C.CC1(C)c2cc(N(c3ccccc3)c3ccc4c(c3)oc3ccccc34)ccc2-c2cc3c(cc21)C(C)(C)C(C)(C)c1ccccc1-3.CC1(C)c2ccccc2-c2ccc(N(c3ccccc3)c3ccc4c(c3)C(C)(C)c3cc5c(cc3-4)-c3ccccc3C(C)(C)C5(C)C)cc21. The first-order valence-corrected chi connectivity index (χ1v) is 51.3. The van der Waals surface area contributed by atoms with Crippen LogP contribution in [-0.4, -0.2) is 4.57 Å². The summed E-state index contributed by atoms with van der Waals surface area (Å²) in [4.78, 5) is 4.81. The van der Waals surface area contributed by atoms with Crippen LogP contribution < -0.4 is 9.80 Å². The van der Waals surface area contributed by atoms with Crippen molar-refractivity contribution < 1.29 is 4.42 Å². The summed E-state index contributed by atoms with van der Waals surface area (Å²) in [7, 11) is 0. The summed E-state index contributed by atoms with van der Waals surface area (Å²) in [5, 5.41) is 4.87. The van der Waals surface area contributed by atoms with Crippen molar-refractivity contribution in [2.24, 2.45) is 0 Å². The van der Waals surface area contributed by atoms with Gasteiger partial charge in [0.05, 0.1) is 11.0 Å². The van der Waals surface area contributed by atoms with Crippen LogP contribution in [-0.2, 0) is 54.1 Å². The molecule has 0 N–H and O–H groups in total. The van der Waals surface area contributed by atoms with Gasteiger partial charge in [0.25, 0.3) is 0 Å². The third-order valence-electron chi connectivity index (χ3n) is 36.8. The predicted molar refractivity (Wildman–Crippen MR) is 600 cm³/mol. The van der Waals surface area contributed by atoms with Crippen LogP contribution in [0.15, 0.2) is 387 Å². The lowest BCUT2D eigenvalue weighted by Crippen LogP contribution is -2.43. The highest BCUT2D eigenvalue weighted by molar-refractivity contribution is 6.10. The Balaban J connectivity index is 0.000000112. The second-order valence-electron chi connectivity index (χ2n) is 46.7. The number of furan rings is 1. The van der Waals surface area contributed by atoms with Crippen molar-refractivity contribution in [1.82, 2.24) is 4.57 Å². The fourth-order valence-corrected chi connectivity index (χ4v) is 26.5. The third kappa shape index (κ3) is 12.5. The summed E-state index contributed by atoms with van der Waals surface area (Å²) in [6.45, 7) is 48.3. The molecule has 0 saturated carbocycles. The molecule has 0 spiro atoms. The summed E-state index contributed by atoms with van der Waals surface area (Å²) in [5.41, 5.74) is 53.6. The van der Waals surface area contributed by atoms with Crippen molar-refractivity contribution >= 4 is 77.9 Å². The van der Waals surface area contributed by atoms with E-state index in [2.05, 4.69) is 523 Å². The molecule has 0 fully saturated rings. The smallest absolute Gasteiger partial charge is 0.137 e. The maximum Gasteiger partial charge on any atom is 0.137 e. The number of hydrogen-bond acceptors (Lipinski definition) is 3. The number of nitrogens with zero attached hydrogens (tertiary/aromatic N) is 3. The van der Waals surface area contributed by atoms with E-state index < -0.39 is 0 Å². The normalized spacial score (nSPS) is 16.9. The number of anilines is 6. The predicted octanol–water partition coefficient (Wildman–Crippen LogP) is 37.6. The van der Waals surface area contributed by atoms with Crippen LogP contribution in [0.5, 0.6) is 0 Å². The third-order valence-corrected chi connectivity index (χ3v) is 36.8. The molecule has 4 nitrogen and oxygen atoms in total. The maximum atomic E-state index is 6.34. The number of hydrogen-bond donors (Lipinski definition) is 0. The summed E-state index contributed by atoms with van der Waals surface area (Å²) in [6.07, 6.45) is 0. The second-order valence-corrected chi connectivity index (χ2v) is 46.7. The minimum absolute atomic E-state index is 0.00330. The van der Waals surface area contributed by atoms with E-state index in [0.29, 0.717) is 0 Å². The van der Waals surface area contributed by atoms with Gasteiger partial charge in [0.2, 0.25) is 0 Å². The van der Waals surface area contributed by atoms with E-state index >= 15 is 0 Å². The molecule has 0 atom stereocenters. The second kappa shape index (κ2) is 30.8. The zero-order chi connectivity index (χ0) is 98.0. The Kier molecular flexibility index (Phi) is 19.2. The number of benzene rings is 18. The lowest BCUT2D eigenvalue weighted by Gasteiger charge is -2.48. The maximum absolute atomic E-state index is 6.34. The molecule has 18 aromatic carbocycles. The van der Waals surface area contributed by atoms with Crippen molar-refractivity contribution in [2.75, 3.05) is 9.80 Å². The van der Waals surface area contributed by atoms with E-state index in [-0.39, 0.29) is 54.1 Å². The Morgan fingerprint density at radius 1 is 0.169 bits per heavy atom. The van der Waals surface area contributed by atoms with Crippen molar-refractivity contribution in [2.45, 2.75) is 193 Å². The van der Waals surface area contributed by atoms with Crippen LogP contribution in [0.25, 0.3) is 138 Å². The average Bonchev–Trinajstić information content (AvgIpc) is 1.61. The molecule has 20 aromatic rings. The minimum atomic E-state index is -0.155. The summed E-state index contributed by atoms with van der Waals surface area (Å²) in [5.74, 6) is 0. The highest BCUT2D eigenvalue weighted by Gasteiger charge is 2.53. The van der Waals surface area contributed by atoms with E-state index in [1.54, 1.807) is 0 Å². The van der Waals surface area contributed by atoms with Gasteiger partial charge < -0.3 is 18.8 Å². The Morgan fingerprint density at radius 2 is 0.451 bits per heavy atom. The van der Waals surface area contributed by atoms with Crippen LogP contribution in [0.2, 0.25) is 0 Å². The van der Waals surface area contributed by atoms with E-state index in [1.807, 2.05) is 12.1 Å². The fourth-order valence-electron chi connectivity index (χ4n) is 26.5. The van der Waals surface area contributed by atoms with E-state index in [1.165, 1.54) is 211 Å². The number of para-hydroxylation sites is 5. The Bertz CT molecular complexity index is 8650. The molecule has 27 rings (SSSR count). The molecule has 0 amide bonds. The molecule has 7 aliphatic rings. The van der Waals surface area contributed by atoms with E-state index in [4.69, 9.17) is 4.42 Å². The molecule has 0 unspecified atom stereocenters. The summed E-state index contributed by atoms with van der Waals surface area (Å²) in [6, 6.07) is 143. The lowest BCUT2D eigenvalue weighted by atomic mass is 9.55. The quantitative estimate of drug-likeness (QED) is 0.152. The number of aromatic nitrogens is 1. The topological polar surface area (TPSA) is 24.6 Å². The van der Waals surface area contributed by atoms with Crippen molar-refractivity contribution in [3.05, 3.63) is 460 Å². The fraction of sp³-hybridized carbons (Fsp3) is 0.217. The van der Waals surface area contributed by atoms with Crippen molar-refractivity contribution in [1.29, 1.82) is 0 Å².